The van der Waals surface area contributed by atoms with Crippen LogP contribution in [-0.4, -0.2) is 26.7 Å². The normalized spacial score (nSPS) is 10.8. The topological polar surface area (TPSA) is 24.1 Å². The van der Waals surface area contributed by atoms with Gasteiger partial charge in [0.2, 0.25) is 0 Å². The Morgan fingerprint density at radius 2 is 1.44 bits per heavy atom. The largest absolute Gasteiger partial charge is 0.320 e. The van der Waals surface area contributed by atoms with Crippen LogP contribution < -0.4 is 10.6 Å². The van der Waals surface area contributed by atoms with Gasteiger partial charge >= 0.3 is 0 Å². The summed E-state index contributed by atoms with van der Waals surface area (Å²) in [5.41, 5.74) is 2.90. The van der Waals surface area contributed by atoms with Gasteiger partial charge in [0.25, 0.3) is 0 Å². The van der Waals surface area contributed by atoms with Gasteiger partial charge in [0.15, 0.2) is 0 Å². The molecule has 0 amide bonds. The van der Waals surface area contributed by atoms with E-state index in [9.17, 15) is 0 Å². The van der Waals surface area contributed by atoms with Crippen LogP contribution in [-0.2, 0) is 12.8 Å². The molecule has 1 rings (SSSR count). The second-order valence-corrected chi connectivity index (χ2v) is 4.88. The standard InChI is InChI=1S/C16H28N2/c1-3-6-15-7-9-16(10-8-15)11-14-18-13-5-4-12-17-2/h7-10,17-18H,3-6,11-14H2,1-2H3. The molecule has 0 unspecified atom stereocenters. The van der Waals surface area contributed by atoms with Gasteiger partial charge in [-0.1, -0.05) is 37.6 Å². The van der Waals surface area contributed by atoms with Gasteiger partial charge in [-0.15, -0.1) is 0 Å². The van der Waals surface area contributed by atoms with Crippen LogP contribution >= 0.6 is 0 Å². The van der Waals surface area contributed by atoms with Crippen LogP contribution in [0.5, 0.6) is 0 Å². The second kappa shape index (κ2) is 10.1. The number of rotatable bonds is 10. The maximum Gasteiger partial charge on any atom is -0.000835 e. The summed E-state index contributed by atoms with van der Waals surface area (Å²) in [6.07, 6.45) is 6.08. The lowest BCUT2D eigenvalue weighted by Crippen LogP contribution is -2.19. The molecule has 0 aliphatic heterocycles. The molecular formula is C16H28N2. The summed E-state index contributed by atoms with van der Waals surface area (Å²) in [6.45, 7) is 5.58. The molecule has 2 N–H and O–H groups in total. The summed E-state index contributed by atoms with van der Waals surface area (Å²) < 4.78 is 0. The van der Waals surface area contributed by atoms with E-state index in [0.29, 0.717) is 0 Å². The number of hydrogen-bond acceptors (Lipinski definition) is 2. The zero-order chi connectivity index (χ0) is 13.1. The fraction of sp³-hybridized carbons (Fsp3) is 0.625. The van der Waals surface area contributed by atoms with Crippen LogP contribution in [0.25, 0.3) is 0 Å². The lowest BCUT2D eigenvalue weighted by Gasteiger charge is -2.06. The molecule has 0 aliphatic rings. The molecule has 0 aliphatic carbocycles. The van der Waals surface area contributed by atoms with Crippen molar-refractivity contribution in [2.45, 2.75) is 39.0 Å². The molecule has 18 heavy (non-hydrogen) atoms. The first-order valence-electron chi connectivity index (χ1n) is 7.30. The summed E-state index contributed by atoms with van der Waals surface area (Å²) in [4.78, 5) is 0. The molecular weight excluding hydrogens is 220 g/mol. The number of aryl methyl sites for hydroxylation is 1. The molecule has 0 saturated heterocycles. The molecule has 0 radical (unpaired) electrons. The van der Waals surface area contributed by atoms with Crippen LogP contribution in [0.1, 0.15) is 37.3 Å². The highest BCUT2D eigenvalue weighted by atomic mass is 14.8. The monoisotopic (exact) mass is 248 g/mol. The molecule has 2 heteroatoms. The van der Waals surface area contributed by atoms with Gasteiger partial charge in [0, 0.05) is 0 Å². The SMILES string of the molecule is CCCc1ccc(CCNCCCCNC)cc1. The fourth-order valence-electron chi connectivity index (χ4n) is 2.07. The summed E-state index contributed by atoms with van der Waals surface area (Å²) in [7, 11) is 2.01. The van der Waals surface area contributed by atoms with E-state index in [2.05, 4.69) is 41.8 Å². The average molecular weight is 248 g/mol. The van der Waals surface area contributed by atoms with Gasteiger partial charge in [0.05, 0.1) is 0 Å². The van der Waals surface area contributed by atoms with Crippen LogP contribution in [0.3, 0.4) is 0 Å². The quantitative estimate of drug-likeness (QED) is 0.622. The minimum Gasteiger partial charge on any atom is -0.320 e. The van der Waals surface area contributed by atoms with E-state index in [4.69, 9.17) is 0 Å². The molecule has 0 heterocycles. The van der Waals surface area contributed by atoms with Crippen LogP contribution in [0.2, 0.25) is 0 Å². The zero-order valence-corrected chi connectivity index (χ0v) is 12.0. The number of unbranched alkanes of at least 4 members (excludes halogenated alkanes) is 1. The van der Waals surface area contributed by atoms with Crippen LogP contribution in [0, 0.1) is 0 Å². The molecule has 0 fully saturated rings. The molecule has 102 valence electrons. The third-order valence-corrected chi connectivity index (χ3v) is 3.18. The van der Waals surface area contributed by atoms with E-state index < -0.39 is 0 Å². The lowest BCUT2D eigenvalue weighted by atomic mass is 10.1. The molecule has 0 atom stereocenters. The first kappa shape index (κ1) is 15.2. The van der Waals surface area contributed by atoms with Crippen LogP contribution in [0.4, 0.5) is 0 Å². The van der Waals surface area contributed by atoms with E-state index in [0.717, 1.165) is 26.1 Å². The van der Waals surface area contributed by atoms with Gasteiger partial charge < -0.3 is 10.6 Å². The zero-order valence-electron chi connectivity index (χ0n) is 12.0. The Bertz CT molecular complexity index is 292. The van der Waals surface area contributed by atoms with E-state index in [-0.39, 0.29) is 0 Å². The summed E-state index contributed by atoms with van der Waals surface area (Å²) >= 11 is 0. The smallest absolute Gasteiger partial charge is 0.000835 e. The van der Waals surface area contributed by atoms with Crippen molar-refractivity contribution >= 4 is 0 Å². The Morgan fingerprint density at radius 3 is 2.06 bits per heavy atom. The third kappa shape index (κ3) is 6.77. The third-order valence-electron chi connectivity index (χ3n) is 3.18. The highest BCUT2D eigenvalue weighted by Gasteiger charge is 1.95. The van der Waals surface area contributed by atoms with Crippen molar-refractivity contribution in [1.29, 1.82) is 0 Å². The van der Waals surface area contributed by atoms with E-state index in [1.54, 1.807) is 0 Å². The van der Waals surface area contributed by atoms with E-state index >= 15 is 0 Å². The molecule has 1 aromatic rings. The second-order valence-electron chi connectivity index (χ2n) is 4.88. The summed E-state index contributed by atoms with van der Waals surface area (Å²) in [6, 6.07) is 9.08. The molecule has 2 nitrogen and oxygen atoms in total. The average Bonchev–Trinajstić information content (AvgIpc) is 2.40. The van der Waals surface area contributed by atoms with Gasteiger partial charge in [-0.25, -0.2) is 0 Å². The van der Waals surface area contributed by atoms with Crippen molar-refractivity contribution in [3.05, 3.63) is 35.4 Å². The Labute approximate surface area is 112 Å². The van der Waals surface area contributed by atoms with Crippen LogP contribution in [0.15, 0.2) is 24.3 Å². The highest BCUT2D eigenvalue weighted by Crippen LogP contribution is 2.06. The Balaban J connectivity index is 2.08. The first-order valence-corrected chi connectivity index (χ1v) is 7.30. The summed E-state index contributed by atoms with van der Waals surface area (Å²) in [5, 5.41) is 6.68. The van der Waals surface area contributed by atoms with Crippen molar-refractivity contribution in [2.24, 2.45) is 0 Å². The van der Waals surface area contributed by atoms with Crippen molar-refractivity contribution < 1.29 is 0 Å². The lowest BCUT2D eigenvalue weighted by molar-refractivity contribution is 0.606. The van der Waals surface area contributed by atoms with Gasteiger partial charge in [0.1, 0.15) is 0 Å². The highest BCUT2D eigenvalue weighted by molar-refractivity contribution is 5.22. The predicted octanol–water partition coefficient (Wildman–Crippen LogP) is 2.77. The Morgan fingerprint density at radius 1 is 0.833 bits per heavy atom. The Kier molecular flexibility index (Phi) is 8.53. The molecule has 0 bridgehead atoms. The maximum atomic E-state index is 3.50. The molecule has 1 aromatic carbocycles. The minimum absolute atomic E-state index is 1.09. The minimum atomic E-state index is 1.09. The van der Waals surface area contributed by atoms with Crippen molar-refractivity contribution in [1.82, 2.24) is 10.6 Å². The van der Waals surface area contributed by atoms with Gasteiger partial charge in [-0.2, -0.15) is 0 Å². The number of hydrogen-bond donors (Lipinski definition) is 2. The molecule has 0 spiro atoms. The van der Waals surface area contributed by atoms with Gasteiger partial charge in [-0.3, -0.25) is 0 Å². The predicted molar refractivity (Wildman–Crippen MR) is 80.2 cm³/mol. The number of nitrogens with one attached hydrogen (secondary N) is 2. The molecule has 0 saturated carbocycles. The van der Waals surface area contributed by atoms with Crippen molar-refractivity contribution in [3.63, 3.8) is 0 Å². The Hall–Kier alpha value is -0.860. The fourth-order valence-corrected chi connectivity index (χ4v) is 2.07. The van der Waals surface area contributed by atoms with Crippen molar-refractivity contribution in [2.75, 3.05) is 26.7 Å². The van der Waals surface area contributed by atoms with Gasteiger partial charge in [-0.05, 0) is 63.5 Å². The van der Waals surface area contributed by atoms with Crippen molar-refractivity contribution in [3.8, 4) is 0 Å². The summed E-state index contributed by atoms with van der Waals surface area (Å²) in [5.74, 6) is 0. The maximum absolute atomic E-state index is 3.50. The number of benzene rings is 1. The molecule has 0 aromatic heterocycles. The first-order chi connectivity index (χ1) is 8.86. The van der Waals surface area contributed by atoms with E-state index in [1.807, 2.05) is 7.05 Å². The van der Waals surface area contributed by atoms with E-state index in [1.165, 1.54) is 36.8 Å².